The minimum atomic E-state index is -1.07. The van der Waals surface area contributed by atoms with Gasteiger partial charge in [0.15, 0.2) is 6.10 Å². The van der Waals surface area contributed by atoms with E-state index in [2.05, 4.69) is 5.32 Å². The number of thioether (sulfide) groups is 1. The molecule has 4 rings (SSSR count). The molecular weight excluding hydrogens is 398 g/mol. The van der Waals surface area contributed by atoms with E-state index in [0.29, 0.717) is 29.0 Å². The van der Waals surface area contributed by atoms with Gasteiger partial charge >= 0.3 is 5.97 Å². The second-order valence-electron chi connectivity index (χ2n) is 6.78. The number of anilines is 1. The summed E-state index contributed by atoms with van der Waals surface area (Å²) in [6.45, 7) is 0. The minimum Gasteiger partial charge on any atom is -0.445 e. The van der Waals surface area contributed by atoms with Crippen molar-refractivity contribution in [1.29, 1.82) is 0 Å². The molecule has 5 nitrogen and oxygen atoms in total. The van der Waals surface area contributed by atoms with E-state index >= 15 is 0 Å². The van der Waals surface area contributed by atoms with Gasteiger partial charge in [0.25, 0.3) is 0 Å². The van der Waals surface area contributed by atoms with Crippen molar-refractivity contribution in [2.24, 2.45) is 0 Å². The molecule has 0 unspecified atom stereocenters. The van der Waals surface area contributed by atoms with Crippen LogP contribution < -0.4 is 5.32 Å². The van der Waals surface area contributed by atoms with Crippen LogP contribution in [0.1, 0.15) is 38.8 Å². The number of carbonyl (C=O) groups is 3. The number of rotatable bonds is 5. The van der Waals surface area contributed by atoms with Crippen molar-refractivity contribution in [3.05, 3.63) is 95.6 Å². The highest BCUT2D eigenvalue weighted by Crippen LogP contribution is 2.32. The first-order valence-electron chi connectivity index (χ1n) is 9.54. The summed E-state index contributed by atoms with van der Waals surface area (Å²) in [4.78, 5) is 38.8. The quantitative estimate of drug-likeness (QED) is 0.472. The first kappa shape index (κ1) is 19.9. The van der Waals surface area contributed by atoms with Crippen molar-refractivity contribution in [1.82, 2.24) is 0 Å². The largest absolute Gasteiger partial charge is 0.445 e. The van der Waals surface area contributed by atoms with Crippen molar-refractivity contribution >= 4 is 35.1 Å². The number of Topliss-reactive ketones (excluding diaryl/α,β-unsaturated/α-hetero) is 1. The third kappa shape index (κ3) is 4.44. The summed E-state index contributed by atoms with van der Waals surface area (Å²) in [5, 5.41) is 2.82. The molecule has 1 N–H and O–H groups in total. The number of carbonyl (C=O) groups excluding carboxylic acids is 3. The Balaban J connectivity index is 1.62. The molecule has 1 amide bonds. The molecule has 0 aliphatic carbocycles. The van der Waals surface area contributed by atoms with E-state index in [4.69, 9.17) is 4.74 Å². The van der Waals surface area contributed by atoms with Gasteiger partial charge in [-0.25, -0.2) is 4.79 Å². The fourth-order valence-electron chi connectivity index (χ4n) is 3.18. The maximum absolute atomic E-state index is 13.1. The highest BCUT2D eigenvalue weighted by Gasteiger charge is 2.27. The Labute approximate surface area is 178 Å². The van der Waals surface area contributed by atoms with Gasteiger partial charge < -0.3 is 10.1 Å². The van der Waals surface area contributed by atoms with Crippen LogP contribution in [0, 0.1) is 0 Å². The number of hydrogen-bond donors (Lipinski definition) is 1. The number of ether oxygens (including phenoxy) is 1. The van der Waals surface area contributed by atoms with Gasteiger partial charge in [-0.1, -0.05) is 60.7 Å². The highest BCUT2D eigenvalue weighted by molar-refractivity contribution is 7.99. The van der Waals surface area contributed by atoms with Gasteiger partial charge in [0.2, 0.25) is 11.7 Å². The molecule has 1 aliphatic rings. The van der Waals surface area contributed by atoms with E-state index in [0.717, 1.165) is 4.90 Å². The Bertz CT molecular complexity index is 1080. The predicted molar refractivity (Wildman–Crippen MR) is 116 cm³/mol. The summed E-state index contributed by atoms with van der Waals surface area (Å²) in [5.41, 5.74) is 1.92. The lowest BCUT2D eigenvalue weighted by Gasteiger charge is -2.18. The van der Waals surface area contributed by atoms with Crippen LogP contribution >= 0.6 is 11.8 Å². The van der Waals surface area contributed by atoms with Gasteiger partial charge in [0, 0.05) is 28.2 Å². The fraction of sp³-hybridized carbons (Fsp3) is 0.125. The van der Waals surface area contributed by atoms with Crippen LogP contribution in [0.15, 0.2) is 83.8 Å². The molecule has 150 valence electrons. The number of amides is 1. The first-order valence-corrected chi connectivity index (χ1v) is 10.5. The molecule has 6 heteroatoms. The third-order valence-corrected chi connectivity index (χ3v) is 5.77. The molecule has 0 saturated carbocycles. The molecule has 0 fully saturated rings. The molecule has 0 aromatic heterocycles. The van der Waals surface area contributed by atoms with E-state index in [1.54, 1.807) is 78.5 Å². The smallest absolute Gasteiger partial charge is 0.339 e. The molecule has 0 radical (unpaired) electrons. The molecule has 0 saturated heterocycles. The van der Waals surface area contributed by atoms with E-state index in [1.165, 1.54) is 0 Å². The van der Waals surface area contributed by atoms with E-state index in [9.17, 15) is 14.4 Å². The summed E-state index contributed by atoms with van der Waals surface area (Å²) in [7, 11) is 0. The number of ketones is 1. The van der Waals surface area contributed by atoms with Crippen molar-refractivity contribution in [3.8, 4) is 0 Å². The average Bonchev–Trinajstić information content (AvgIpc) is 2.98. The van der Waals surface area contributed by atoms with Crippen LogP contribution in [-0.4, -0.2) is 23.4 Å². The van der Waals surface area contributed by atoms with Crippen LogP contribution in [0.4, 0.5) is 5.69 Å². The van der Waals surface area contributed by atoms with Crippen LogP contribution in [0.25, 0.3) is 0 Å². The minimum absolute atomic E-state index is 0.0896. The van der Waals surface area contributed by atoms with Gasteiger partial charge in [0.05, 0.1) is 11.3 Å². The Morgan fingerprint density at radius 3 is 2.33 bits per heavy atom. The number of nitrogens with one attached hydrogen (secondary N) is 1. The van der Waals surface area contributed by atoms with Crippen LogP contribution in [0.2, 0.25) is 0 Å². The third-order valence-electron chi connectivity index (χ3n) is 4.70. The Morgan fingerprint density at radius 1 is 0.900 bits per heavy atom. The van der Waals surface area contributed by atoms with Crippen molar-refractivity contribution in [2.75, 3.05) is 11.1 Å². The molecular formula is C24H19NO4S. The zero-order valence-corrected chi connectivity index (χ0v) is 16.9. The molecule has 0 spiro atoms. The van der Waals surface area contributed by atoms with Crippen molar-refractivity contribution in [3.63, 3.8) is 0 Å². The molecule has 1 atom stereocenters. The molecule has 1 aliphatic heterocycles. The van der Waals surface area contributed by atoms with Crippen LogP contribution in [0.3, 0.4) is 0 Å². The summed E-state index contributed by atoms with van der Waals surface area (Å²) in [5.74, 6) is -0.328. The zero-order chi connectivity index (χ0) is 20.9. The van der Waals surface area contributed by atoms with E-state index in [-0.39, 0.29) is 17.3 Å². The Kier molecular flexibility index (Phi) is 5.95. The molecule has 30 heavy (non-hydrogen) atoms. The Morgan fingerprint density at radius 2 is 1.60 bits per heavy atom. The number of benzene rings is 3. The van der Waals surface area contributed by atoms with Crippen LogP contribution in [-0.2, 0) is 9.53 Å². The van der Waals surface area contributed by atoms with Crippen molar-refractivity contribution < 1.29 is 19.1 Å². The number of esters is 1. The standard InChI is InChI=1S/C24H19NO4S/c26-21-13-14-30-20-12-11-18(15-19(20)25-21)24(28)29-23(17-9-5-2-6-10-17)22(27)16-7-3-1-4-8-16/h1-12,15,23H,13-14H2,(H,25,26)/t23-/m0/s1. The van der Waals surface area contributed by atoms with Gasteiger partial charge in [-0.15, -0.1) is 11.8 Å². The Hall–Kier alpha value is -3.38. The SMILES string of the molecule is O=C1CCSc2ccc(C(=O)O[C@H](C(=O)c3ccccc3)c3ccccc3)cc2N1. The lowest BCUT2D eigenvalue weighted by atomic mass is 9.99. The van der Waals surface area contributed by atoms with Gasteiger partial charge in [-0.3, -0.25) is 9.59 Å². The summed E-state index contributed by atoms with van der Waals surface area (Å²) >= 11 is 1.56. The lowest BCUT2D eigenvalue weighted by Crippen LogP contribution is -2.20. The maximum Gasteiger partial charge on any atom is 0.339 e. The zero-order valence-electron chi connectivity index (χ0n) is 16.0. The number of hydrogen-bond acceptors (Lipinski definition) is 5. The molecule has 3 aromatic carbocycles. The molecule has 1 heterocycles. The maximum atomic E-state index is 13.1. The second kappa shape index (κ2) is 8.97. The van der Waals surface area contributed by atoms with E-state index < -0.39 is 12.1 Å². The van der Waals surface area contributed by atoms with Crippen molar-refractivity contribution in [2.45, 2.75) is 17.4 Å². The number of fused-ring (bicyclic) bond motifs is 1. The molecule has 3 aromatic rings. The van der Waals surface area contributed by atoms with Gasteiger partial charge in [-0.2, -0.15) is 0 Å². The first-order chi connectivity index (χ1) is 14.6. The molecule has 0 bridgehead atoms. The summed E-state index contributed by atoms with van der Waals surface area (Å²) in [6, 6.07) is 22.7. The average molecular weight is 417 g/mol. The fourth-order valence-corrected chi connectivity index (χ4v) is 4.11. The second-order valence-corrected chi connectivity index (χ2v) is 7.92. The van der Waals surface area contributed by atoms with E-state index in [1.807, 2.05) is 12.1 Å². The highest BCUT2D eigenvalue weighted by atomic mass is 32.2. The predicted octanol–water partition coefficient (Wildman–Crippen LogP) is 4.90. The van der Waals surface area contributed by atoms with Gasteiger partial charge in [-0.05, 0) is 18.2 Å². The summed E-state index contributed by atoms with van der Waals surface area (Å²) < 4.78 is 5.68. The van der Waals surface area contributed by atoms with Crippen LogP contribution in [0.5, 0.6) is 0 Å². The normalized spacial score (nSPS) is 14.1. The monoisotopic (exact) mass is 417 g/mol. The van der Waals surface area contributed by atoms with Gasteiger partial charge in [0.1, 0.15) is 0 Å². The summed E-state index contributed by atoms with van der Waals surface area (Å²) in [6.07, 6.45) is -0.648. The lowest BCUT2D eigenvalue weighted by molar-refractivity contribution is -0.115. The topological polar surface area (TPSA) is 72.5 Å².